The summed E-state index contributed by atoms with van der Waals surface area (Å²) < 4.78 is 14.7. The fourth-order valence-corrected chi connectivity index (χ4v) is 2.61. The molecule has 3 rings (SSSR count). The quantitative estimate of drug-likeness (QED) is 0.763. The average Bonchev–Trinajstić information content (AvgIpc) is 2.96. The molecule has 0 bridgehead atoms. The highest BCUT2D eigenvalue weighted by Gasteiger charge is 2.15. The second-order valence-electron chi connectivity index (χ2n) is 5.47. The van der Waals surface area contributed by atoms with E-state index in [4.69, 9.17) is 11.6 Å². The Morgan fingerprint density at radius 1 is 1.21 bits per heavy atom. The van der Waals surface area contributed by atoms with Crippen molar-refractivity contribution < 1.29 is 14.3 Å². The van der Waals surface area contributed by atoms with Crippen molar-refractivity contribution in [2.75, 3.05) is 0 Å². The first kappa shape index (κ1) is 16.2. The number of benzene rings is 2. The molecule has 1 N–H and O–H groups in total. The molecule has 1 aromatic heterocycles. The van der Waals surface area contributed by atoms with Crippen molar-refractivity contribution in [2.24, 2.45) is 0 Å². The van der Waals surface area contributed by atoms with E-state index in [1.165, 1.54) is 18.2 Å². The number of carbonyl (C=O) groups is 1. The Morgan fingerprint density at radius 2 is 1.92 bits per heavy atom. The number of aromatic nitrogens is 2. The molecular formula is C18H14ClFN2O2. The monoisotopic (exact) mass is 344 g/mol. The summed E-state index contributed by atoms with van der Waals surface area (Å²) in [7, 11) is 0. The highest BCUT2D eigenvalue weighted by molar-refractivity contribution is 6.31. The third kappa shape index (κ3) is 3.31. The van der Waals surface area contributed by atoms with Crippen LogP contribution in [0.2, 0.25) is 5.02 Å². The maximum atomic E-state index is 13.1. The number of carboxylic acids is 1. The van der Waals surface area contributed by atoms with Crippen LogP contribution in [-0.2, 0) is 6.54 Å². The average molecular weight is 345 g/mol. The van der Waals surface area contributed by atoms with Crippen LogP contribution in [0, 0.1) is 12.7 Å². The molecule has 6 heteroatoms. The normalized spacial score (nSPS) is 10.8. The van der Waals surface area contributed by atoms with E-state index in [0.29, 0.717) is 22.8 Å². The van der Waals surface area contributed by atoms with E-state index in [-0.39, 0.29) is 11.5 Å². The summed E-state index contributed by atoms with van der Waals surface area (Å²) in [5, 5.41) is 14.0. The predicted octanol–water partition coefficient (Wildman–Crippen LogP) is 4.40. The van der Waals surface area contributed by atoms with Gasteiger partial charge in [-0.2, -0.15) is 5.10 Å². The summed E-state index contributed by atoms with van der Waals surface area (Å²) in [5.74, 6) is -1.47. The molecule has 0 fully saturated rings. The van der Waals surface area contributed by atoms with Crippen molar-refractivity contribution in [1.29, 1.82) is 0 Å². The predicted molar refractivity (Wildman–Crippen MR) is 89.9 cm³/mol. The second-order valence-corrected chi connectivity index (χ2v) is 5.88. The minimum absolute atomic E-state index is 0.0625. The number of aromatic carboxylic acids is 1. The molecule has 3 aromatic rings. The first-order valence-electron chi connectivity index (χ1n) is 7.26. The van der Waals surface area contributed by atoms with Crippen LogP contribution in [0.4, 0.5) is 4.39 Å². The van der Waals surface area contributed by atoms with Gasteiger partial charge in [-0.05, 0) is 54.4 Å². The number of hydrogen-bond acceptors (Lipinski definition) is 2. The van der Waals surface area contributed by atoms with Crippen LogP contribution < -0.4 is 0 Å². The van der Waals surface area contributed by atoms with Gasteiger partial charge in [0.1, 0.15) is 5.82 Å². The van der Waals surface area contributed by atoms with Crippen LogP contribution in [0.15, 0.2) is 48.5 Å². The summed E-state index contributed by atoms with van der Waals surface area (Å²) >= 11 is 6.14. The molecule has 0 saturated heterocycles. The Morgan fingerprint density at radius 3 is 2.54 bits per heavy atom. The molecule has 0 aliphatic carbocycles. The Kier molecular flexibility index (Phi) is 4.36. The summed E-state index contributed by atoms with van der Waals surface area (Å²) in [6, 6.07) is 13.0. The topological polar surface area (TPSA) is 55.1 Å². The molecule has 0 atom stereocenters. The van der Waals surface area contributed by atoms with Gasteiger partial charge < -0.3 is 5.11 Å². The Balaban J connectivity index is 2.03. The number of hydrogen-bond donors (Lipinski definition) is 1. The van der Waals surface area contributed by atoms with E-state index >= 15 is 0 Å². The van der Waals surface area contributed by atoms with Crippen molar-refractivity contribution in [2.45, 2.75) is 13.5 Å². The number of carboxylic acid groups (broad SMARTS) is 1. The lowest BCUT2D eigenvalue weighted by molar-refractivity contribution is 0.0689. The van der Waals surface area contributed by atoms with Gasteiger partial charge in [0.25, 0.3) is 0 Å². The molecule has 0 amide bonds. The van der Waals surface area contributed by atoms with Crippen LogP contribution in [0.25, 0.3) is 11.3 Å². The molecule has 1 heterocycles. The molecule has 2 aromatic carbocycles. The van der Waals surface area contributed by atoms with Gasteiger partial charge in [0, 0.05) is 10.6 Å². The molecular weight excluding hydrogens is 331 g/mol. The van der Waals surface area contributed by atoms with Crippen LogP contribution in [0.1, 0.15) is 21.6 Å². The Hall–Kier alpha value is -2.66. The van der Waals surface area contributed by atoms with Gasteiger partial charge in [-0.25, -0.2) is 9.18 Å². The number of rotatable bonds is 4. The lowest BCUT2D eigenvalue weighted by Gasteiger charge is -2.09. The van der Waals surface area contributed by atoms with Crippen LogP contribution in [-0.4, -0.2) is 20.9 Å². The summed E-state index contributed by atoms with van der Waals surface area (Å²) in [5.41, 5.74) is 3.09. The Bertz CT molecular complexity index is 904. The van der Waals surface area contributed by atoms with Crippen molar-refractivity contribution >= 4 is 17.6 Å². The van der Waals surface area contributed by atoms with Crippen LogP contribution >= 0.6 is 11.6 Å². The van der Waals surface area contributed by atoms with Gasteiger partial charge in [-0.3, -0.25) is 4.68 Å². The van der Waals surface area contributed by atoms with Gasteiger partial charge in [-0.1, -0.05) is 23.7 Å². The van der Waals surface area contributed by atoms with Crippen molar-refractivity contribution in [3.05, 3.63) is 76.2 Å². The van der Waals surface area contributed by atoms with Crippen molar-refractivity contribution in [1.82, 2.24) is 9.78 Å². The number of halogens is 2. The Labute approximate surface area is 143 Å². The van der Waals surface area contributed by atoms with E-state index in [2.05, 4.69) is 5.10 Å². The fourth-order valence-electron chi connectivity index (χ4n) is 2.40. The van der Waals surface area contributed by atoms with E-state index in [1.807, 2.05) is 25.1 Å². The van der Waals surface area contributed by atoms with Gasteiger partial charge >= 0.3 is 5.97 Å². The molecule has 0 spiro atoms. The highest BCUT2D eigenvalue weighted by Crippen LogP contribution is 2.23. The maximum Gasteiger partial charge on any atom is 0.356 e. The molecule has 0 radical (unpaired) electrons. The maximum absolute atomic E-state index is 13.1. The van der Waals surface area contributed by atoms with Crippen LogP contribution in [0.3, 0.4) is 0 Å². The van der Waals surface area contributed by atoms with Crippen LogP contribution in [0.5, 0.6) is 0 Å². The smallest absolute Gasteiger partial charge is 0.356 e. The SMILES string of the molecule is Cc1ccc(Cn2nc(C(=O)O)cc2-c2ccc(F)cc2)cc1Cl. The lowest BCUT2D eigenvalue weighted by atomic mass is 10.1. The lowest BCUT2D eigenvalue weighted by Crippen LogP contribution is -2.06. The summed E-state index contributed by atoms with van der Waals surface area (Å²) in [6.07, 6.45) is 0. The standard InChI is InChI=1S/C18H14ClFN2O2/c1-11-2-3-12(8-15(11)19)10-22-17(9-16(21-22)18(23)24)13-4-6-14(20)7-5-13/h2-9H,10H2,1H3,(H,23,24). The van der Waals surface area contributed by atoms with Gasteiger partial charge in [0.2, 0.25) is 0 Å². The zero-order valence-electron chi connectivity index (χ0n) is 12.8. The molecule has 122 valence electrons. The zero-order chi connectivity index (χ0) is 17.3. The van der Waals surface area contributed by atoms with E-state index in [0.717, 1.165) is 11.1 Å². The van der Waals surface area contributed by atoms with Crippen molar-refractivity contribution in [3.63, 3.8) is 0 Å². The summed E-state index contributed by atoms with van der Waals surface area (Å²) in [4.78, 5) is 11.2. The van der Waals surface area contributed by atoms with Gasteiger partial charge in [0.05, 0.1) is 12.2 Å². The minimum atomic E-state index is -1.11. The third-order valence-corrected chi connectivity index (χ3v) is 4.11. The number of aryl methyl sites for hydroxylation is 1. The summed E-state index contributed by atoms with van der Waals surface area (Å²) in [6.45, 7) is 2.27. The van der Waals surface area contributed by atoms with Gasteiger partial charge in [-0.15, -0.1) is 0 Å². The number of nitrogens with zero attached hydrogens (tertiary/aromatic N) is 2. The first-order valence-corrected chi connectivity index (χ1v) is 7.64. The second kappa shape index (κ2) is 6.45. The first-order chi connectivity index (χ1) is 11.4. The van der Waals surface area contributed by atoms with E-state index < -0.39 is 5.97 Å². The third-order valence-electron chi connectivity index (χ3n) is 3.71. The van der Waals surface area contributed by atoms with Crippen molar-refractivity contribution in [3.8, 4) is 11.3 Å². The minimum Gasteiger partial charge on any atom is -0.476 e. The molecule has 24 heavy (non-hydrogen) atoms. The molecule has 0 aliphatic heterocycles. The highest BCUT2D eigenvalue weighted by atomic mass is 35.5. The fraction of sp³-hybridized carbons (Fsp3) is 0.111. The van der Waals surface area contributed by atoms with Gasteiger partial charge in [0.15, 0.2) is 5.69 Å². The zero-order valence-corrected chi connectivity index (χ0v) is 13.6. The van der Waals surface area contributed by atoms with E-state index in [1.54, 1.807) is 16.8 Å². The molecule has 0 aliphatic rings. The largest absolute Gasteiger partial charge is 0.476 e. The van der Waals surface area contributed by atoms with E-state index in [9.17, 15) is 14.3 Å². The molecule has 4 nitrogen and oxygen atoms in total. The molecule has 0 unspecified atom stereocenters. The molecule has 0 saturated carbocycles.